The summed E-state index contributed by atoms with van der Waals surface area (Å²) in [4.78, 5) is 30.8. The number of nitrogens with zero attached hydrogens (tertiary/aromatic N) is 1. The van der Waals surface area contributed by atoms with Crippen LogP contribution in [0.1, 0.15) is 0 Å². The number of benzene rings is 2. The number of carbonyl (C=O) groups excluding carboxylic acids is 1. The Morgan fingerprint density at radius 3 is 2.88 bits per heavy atom. The molecule has 3 aromatic rings. The lowest BCUT2D eigenvalue weighted by Crippen LogP contribution is -2.16. The van der Waals surface area contributed by atoms with E-state index >= 15 is 0 Å². The summed E-state index contributed by atoms with van der Waals surface area (Å²) in [5, 5.41) is 3.31. The quantitative estimate of drug-likeness (QED) is 0.512. The van der Waals surface area contributed by atoms with Crippen LogP contribution >= 0.6 is 27.7 Å². The minimum absolute atomic E-state index is 0.00319. The number of hydrogen-bond donors (Lipinski definition) is 2. The topological polar surface area (TPSA) is 74.8 Å². The normalized spacial score (nSPS) is 10.8. The second kappa shape index (κ2) is 7.14. The summed E-state index contributed by atoms with van der Waals surface area (Å²) in [6.07, 6.45) is 0. The molecule has 1 aromatic heterocycles. The Balaban J connectivity index is 1.69. The molecule has 0 aliphatic rings. The highest BCUT2D eigenvalue weighted by atomic mass is 79.9. The van der Waals surface area contributed by atoms with Gasteiger partial charge in [0.15, 0.2) is 5.16 Å². The van der Waals surface area contributed by atoms with Gasteiger partial charge in [0.2, 0.25) is 5.91 Å². The van der Waals surface area contributed by atoms with Gasteiger partial charge in [-0.1, -0.05) is 39.8 Å². The van der Waals surface area contributed by atoms with E-state index in [0.29, 0.717) is 20.5 Å². The first-order chi connectivity index (χ1) is 11.5. The lowest BCUT2D eigenvalue weighted by atomic mass is 10.2. The van der Waals surface area contributed by atoms with E-state index in [4.69, 9.17) is 0 Å². The molecule has 0 aliphatic carbocycles. The van der Waals surface area contributed by atoms with E-state index in [1.54, 1.807) is 30.3 Å². The van der Waals surface area contributed by atoms with Crippen molar-refractivity contribution >= 4 is 50.2 Å². The smallest absolute Gasteiger partial charge is 0.259 e. The van der Waals surface area contributed by atoms with E-state index in [9.17, 15) is 14.0 Å². The molecule has 24 heavy (non-hydrogen) atoms. The standard InChI is InChI=1S/C16H11BrFN3O2S/c17-9-5-6-13(11(18)7-9)19-14(22)8-24-16-20-12-4-2-1-3-10(12)15(23)21-16/h1-7H,8H2,(H,19,22)(H,20,21,23). The third-order valence-corrected chi connectivity index (χ3v) is 4.50. The fourth-order valence-corrected chi connectivity index (χ4v) is 3.05. The predicted octanol–water partition coefficient (Wildman–Crippen LogP) is 3.56. The first-order valence-electron chi connectivity index (χ1n) is 6.90. The second-order valence-electron chi connectivity index (χ2n) is 4.85. The van der Waals surface area contributed by atoms with Crippen molar-refractivity contribution in [3.8, 4) is 0 Å². The van der Waals surface area contributed by atoms with Gasteiger partial charge in [0, 0.05) is 4.47 Å². The van der Waals surface area contributed by atoms with Crippen molar-refractivity contribution in [2.45, 2.75) is 5.16 Å². The number of para-hydroxylation sites is 1. The average molecular weight is 408 g/mol. The summed E-state index contributed by atoms with van der Waals surface area (Å²) < 4.78 is 14.3. The number of nitrogens with one attached hydrogen (secondary N) is 2. The van der Waals surface area contributed by atoms with E-state index in [-0.39, 0.29) is 17.0 Å². The van der Waals surface area contributed by atoms with Gasteiger partial charge in [-0.25, -0.2) is 9.37 Å². The Kier molecular flexibility index (Phi) is 4.96. The lowest BCUT2D eigenvalue weighted by molar-refractivity contribution is -0.113. The molecule has 0 bridgehead atoms. The van der Waals surface area contributed by atoms with E-state index in [2.05, 4.69) is 31.2 Å². The van der Waals surface area contributed by atoms with Crippen LogP contribution in [0.25, 0.3) is 10.9 Å². The fourth-order valence-electron chi connectivity index (χ4n) is 2.04. The summed E-state index contributed by atoms with van der Waals surface area (Å²) in [7, 11) is 0. The summed E-state index contributed by atoms with van der Waals surface area (Å²) in [5.74, 6) is -0.923. The molecule has 8 heteroatoms. The van der Waals surface area contributed by atoms with Crippen molar-refractivity contribution in [2.75, 3.05) is 11.1 Å². The first-order valence-corrected chi connectivity index (χ1v) is 8.67. The van der Waals surface area contributed by atoms with Crippen molar-refractivity contribution in [3.63, 3.8) is 0 Å². The lowest BCUT2D eigenvalue weighted by Gasteiger charge is -2.06. The average Bonchev–Trinajstić information content (AvgIpc) is 2.56. The van der Waals surface area contributed by atoms with Crippen molar-refractivity contribution in [1.82, 2.24) is 9.97 Å². The number of H-pyrrole nitrogens is 1. The number of halogens is 2. The Morgan fingerprint density at radius 2 is 2.08 bits per heavy atom. The van der Waals surface area contributed by atoms with Crippen LogP contribution < -0.4 is 10.9 Å². The van der Waals surface area contributed by atoms with Crippen molar-refractivity contribution in [3.05, 3.63) is 63.1 Å². The maximum Gasteiger partial charge on any atom is 0.259 e. The molecule has 2 N–H and O–H groups in total. The number of hydrogen-bond acceptors (Lipinski definition) is 4. The minimum Gasteiger partial charge on any atom is -0.323 e. The van der Waals surface area contributed by atoms with Gasteiger partial charge in [-0.2, -0.15) is 0 Å². The van der Waals surface area contributed by atoms with Crippen LogP contribution in [0.4, 0.5) is 10.1 Å². The van der Waals surface area contributed by atoms with Crippen LogP contribution in [0.2, 0.25) is 0 Å². The molecule has 0 fully saturated rings. The summed E-state index contributed by atoms with van der Waals surface area (Å²) >= 11 is 4.23. The maximum atomic E-state index is 13.7. The van der Waals surface area contributed by atoms with Crippen LogP contribution in [-0.4, -0.2) is 21.6 Å². The number of thioether (sulfide) groups is 1. The van der Waals surface area contributed by atoms with Gasteiger partial charge in [-0.05, 0) is 30.3 Å². The number of amides is 1. The Hall–Kier alpha value is -2.19. The number of carbonyl (C=O) groups is 1. The number of anilines is 1. The predicted molar refractivity (Wildman–Crippen MR) is 95.8 cm³/mol. The van der Waals surface area contributed by atoms with Crippen molar-refractivity contribution in [2.24, 2.45) is 0 Å². The monoisotopic (exact) mass is 407 g/mol. The zero-order valence-corrected chi connectivity index (χ0v) is 14.6. The Morgan fingerprint density at radius 1 is 1.29 bits per heavy atom. The molecule has 5 nitrogen and oxygen atoms in total. The van der Waals surface area contributed by atoms with Crippen molar-refractivity contribution in [1.29, 1.82) is 0 Å². The van der Waals surface area contributed by atoms with Gasteiger partial charge < -0.3 is 10.3 Å². The largest absolute Gasteiger partial charge is 0.323 e. The highest BCUT2D eigenvalue weighted by Crippen LogP contribution is 2.20. The minimum atomic E-state index is -0.528. The Bertz CT molecular complexity index is 977. The Labute approximate surface area is 148 Å². The van der Waals surface area contributed by atoms with Crippen LogP contribution in [0.5, 0.6) is 0 Å². The maximum absolute atomic E-state index is 13.7. The summed E-state index contributed by atoms with van der Waals surface area (Å²) in [6, 6.07) is 11.3. The molecular formula is C16H11BrFN3O2S. The second-order valence-corrected chi connectivity index (χ2v) is 6.73. The zero-order valence-electron chi connectivity index (χ0n) is 12.2. The van der Waals surface area contributed by atoms with Crippen LogP contribution in [-0.2, 0) is 4.79 Å². The van der Waals surface area contributed by atoms with Gasteiger partial charge in [0.1, 0.15) is 5.82 Å². The van der Waals surface area contributed by atoms with Crippen LogP contribution in [0, 0.1) is 5.82 Å². The van der Waals surface area contributed by atoms with Gasteiger partial charge in [0.05, 0.1) is 22.3 Å². The first kappa shape index (κ1) is 16.7. The molecule has 0 saturated carbocycles. The third-order valence-electron chi connectivity index (χ3n) is 3.14. The fraction of sp³-hybridized carbons (Fsp3) is 0.0625. The molecule has 0 saturated heterocycles. The summed E-state index contributed by atoms with van der Waals surface area (Å²) in [5.41, 5.74) is 0.398. The molecule has 1 heterocycles. The van der Waals surface area contributed by atoms with Gasteiger partial charge in [-0.3, -0.25) is 9.59 Å². The van der Waals surface area contributed by atoms with Gasteiger partial charge in [0.25, 0.3) is 5.56 Å². The van der Waals surface area contributed by atoms with Gasteiger partial charge in [-0.15, -0.1) is 0 Å². The number of aromatic amines is 1. The highest BCUT2D eigenvalue weighted by Gasteiger charge is 2.10. The van der Waals surface area contributed by atoms with Gasteiger partial charge >= 0.3 is 0 Å². The van der Waals surface area contributed by atoms with Crippen LogP contribution in [0.3, 0.4) is 0 Å². The molecule has 1 amide bonds. The molecule has 0 unspecified atom stereocenters. The molecule has 0 aliphatic heterocycles. The molecule has 0 radical (unpaired) electrons. The molecule has 2 aromatic carbocycles. The third kappa shape index (κ3) is 3.82. The number of fused-ring (bicyclic) bond motifs is 1. The van der Waals surface area contributed by atoms with Crippen molar-refractivity contribution < 1.29 is 9.18 Å². The van der Waals surface area contributed by atoms with E-state index in [0.717, 1.165) is 11.8 Å². The molecule has 122 valence electrons. The molecule has 0 spiro atoms. The summed E-state index contributed by atoms with van der Waals surface area (Å²) in [6.45, 7) is 0. The molecular weight excluding hydrogens is 397 g/mol. The highest BCUT2D eigenvalue weighted by molar-refractivity contribution is 9.10. The van der Waals surface area contributed by atoms with E-state index in [1.807, 2.05) is 0 Å². The van der Waals surface area contributed by atoms with E-state index < -0.39 is 11.7 Å². The van der Waals surface area contributed by atoms with Crippen LogP contribution in [0.15, 0.2) is 56.9 Å². The zero-order chi connectivity index (χ0) is 17.1. The molecule has 3 rings (SSSR count). The molecule has 0 atom stereocenters. The van der Waals surface area contributed by atoms with E-state index in [1.165, 1.54) is 12.1 Å². The number of rotatable bonds is 4. The SMILES string of the molecule is O=C(CSc1nc2ccccc2c(=O)[nH]1)Nc1ccc(Br)cc1F. The number of aromatic nitrogens is 2.